The molecule has 108 valence electrons. The maximum Gasteiger partial charge on any atom is 0.271 e. The van der Waals surface area contributed by atoms with E-state index in [0.717, 1.165) is 0 Å². The van der Waals surface area contributed by atoms with Gasteiger partial charge in [-0.3, -0.25) is 9.59 Å². The number of hydrogen-bond donors (Lipinski definition) is 3. The molecule has 0 aliphatic carbocycles. The Labute approximate surface area is 122 Å². The number of thiazole rings is 1. The fraction of sp³-hybridized carbons (Fsp3) is 0.545. The average Bonchev–Trinajstić information content (AvgIpc) is 2.72. The maximum absolute atomic E-state index is 11.7. The third kappa shape index (κ3) is 6.51. The van der Waals surface area contributed by atoms with Crippen molar-refractivity contribution in [2.24, 2.45) is 5.73 Å². The highest BCUT2D eigenvalue weighted by molar-refractivity contribution is 7.09. The van der Waals surface area contributed by atoms with Gasteiger partial charge in [0.2, 0.25) is 5.91 Å². The molecule has 1 heterocycles. The molecule has 1 aromatic rings. The molecule has 0 bridgehead atoms. The van der Waals surface area contributed by atoms with Crippen LogP contribution in [0.15, 0.2) is 5.38 Å². The average molecular weight is 307 g/mol. The van der Waals surface area contributed by atoms with Gasteiger partial charge in [0.05, 0.1) is 6.54 Å². The number of carbonyl (C=O) groups is 2. The fourth-order valence-corrected chi connectivity index (χ4v) is 1.88. The lowest BCUT2D eigenvalue weighted by molar-refractivity contribution is -0.121. The largest absolute Gasteiger partial charge is 0.350 e. The molecule has 0 saturated heterocycles. The molecule has 8 heteroatoms. The lowest BCUT2D eigenvalue weighted by Gasteiger charge is -2.20. The molecule has 0 radical (unpaired) electrons. The minimum Gasteiger partial charge on any atom is -0.350 e. The molecule has 0 atom stereocenters. The summed E-state index contributed by atoms with van der Waals surface area (Å²) < 4.78 is 0. The van der Waals surface area contributed by atoms with Gasteiger partial charge in [-0.1, -0.05) is 0 Å². The van der Waals surface area contributed by atoms with Gasteiger partial charge in [-0.05, 0) is 20.8 Å². The molecular weight excluding hydrogens is 288 g/mol. The minimum absolute atomic E-state index is 0. The zero-order chi connectivity index (χ0) is 13.8. The first-order chi connectivity index (χ1) is 8.31. The Morgan fingerprint density at radius 1 is 1.42 bits per heavy atom. The molecule has 0 fully saturated rings. The number of amides is 2. The third-order valence-electron chi connectivity index (χ3n) is 1.88. The van der Waals surface area contributed by atoms with E-state index in [1.807, 2.05) is 20.8 Å². The predicted molar refractivity (Wildman–Crippen MR) is 77.5 cm³/mol. The van der Waals surface area contributed by atoms with Gasteiger partial charge in [-0.2, -0.15) is 0 Å². The summed E-state index contributed by atoms with van der Waals surface area (Å²) in [4.78, 5) is 27.2. The summed E-state index contributed by atoms with van der Waals surface area (Å²) in [5.74, 6) is -0.597. The van der Waals surface area contributed by atoms with Crippen LogP contribution in [-0.4, -0.2) is 28.9 Å². The summed E-state index contributed by atoms with van der Waals surface area (Å²) in [6.07, 6.45) is 0. The Bertz CT molecular complexity index is 442. The smallest absolute Gasteiger partial charge is 0.271 e. The van der Waals surface area contributed by atoms with Gasteiger partial charge < -0.3 is 16.4 Å². The summed E-state index contributed by atoms with van der Waals surface area (Å²) in [7, 11) is 0. The first kappa shape index (κ1) is 17.8. The van der Waals surface area contributed by atoms with E-state index in [9.17, 15) is 9.59 Å². The standard InChI is InChI=1S/C11H18N4O2S.ClH/c1-11(2,3)15-8(16)5-13-10(17)7-6-18-9(4-12)14-7;/h6H,4-5,12H2,1-3H3,(H,13,17)(H,15,16);1H. The minimum atomic E-state index is -0.366. The number of rotatable bonds is 4. The quantitative estimate of drug-likeness (QED) is 0.761. The second-order valence-corrected chi connectivity index (χ2v) is 5.75. The van der Waals surface area contributed by atoms with Crippen molar-refractivity contribution >= 4 is 35.6 Å². The first-order valence-electron chi connectivity index (χ1n) is 5.55. The Balaban J connectivity index is 0.00000324. The van der Waals surface area contributed by atoms with Gasteiger partial charge in [-0.15, -0.1) is 23.7 Å². The lowest BCUT2D eigenvalue weighted by atomic mass is 10.1. The van der Waals surface area contributed by atoms with E-state index in [-0.39, 0.29) is 36.3 Å². The van der Waals surface area contributed by atoms with Crippen molar-refractivity contribution in [3.63, 3.8) is 0 Å². The molecule has 0 spiro atoms. The van der Waals surface area contributed by atoms with E-state index in [1.165, 1.54) is 11.3 Å². The molecule has 2 amide bonds. The van der Waals surface area contributed by atoms with Crippen molar-refractivity contribution in [2.45, 2.75) is 32.9 Å². The zero-order valence-electron chi connectivity index (χ0n) is 11.1. The lowest BCUT2D eigenvalue weighted by Crippen LogP contribution is -2.45. The van der Waals surface area contributed by atoms with Crippen LogP contribution in [0.3, 0.4) is 0 Å². The highest BCUT2D eigenvalue weighted by Crippen LogP contribution is 2.08. The van der Waals surface area contributed by atoms with E-state index >= 15 is 0 Å². The molecule has 0 aromatic carbocycles. The molecule has 4 N–H and O–H groups in total. The molecule has 1 aromatic heterocycles. The Morgan fingerprint density at radius 3 is 2.53 bits per heavy atom. The molecule has 1 rings (SSSR count). The topological polar surface area (TPSA) is 97.1 Å². The van der Waals surface area contributed by atoms with Gasteiger partial charge in [0.1, 0.15) is 10.7 Å². The number of hydrogen-bond acceptors (Lipinski definition) is 5. The van der Waals surface area contributed by atoms with Crippen molar-refractivity contribution in [3.8, 4) is 0 Å². The van der Waals surface area contributed by atoms with Gasteiger partial charge in [0, 0.05) is 17.5 Å². The molecule has 19 heavy (non-hydrogen) atoms. The van der Waals surface area contributed by atoms with Crippen LogP contribution >= 0.6 is 23.7 Å². The highest BCUT2D eigenvalue weighted by Gasteiger charge is 2.15. The Morgan fingerprint density at radius 2 is 2.05 bits per heavy atom. The van der Waals surface area contributed by atoms with Gasteiger partial charge >= 0.3 is 0 Å². The summed E-state index contributed by atoms with van der Waals surface area (Å²) in [5.41, 5.74) is 5.39. The van der Waals surface area contributed by atoms with E-state index in [0.29, 0.717) is 17.2 Å². The zero-order valence-corrected chi connectivity index (χ0v) is 12.8. The normalized spacial score (nSPS) is 10.5. The number of nitrogens with one attached hydrogen (secondary N) is 2. The summed E-state index contributed by atoms with van der Waals surface area (Å²) in [6.45, 7) is 5.87. The van der Waals surface area contributed by atoms with Crippen LogP contribution in [0.2, 0.25) is 0 Å². The monoisotopic (exact) mass is 306 g/mol. The number of nitrogens with zero attached hydrogens (tertiary/aromatic N) is 1. The van der Waals surface area contributed by atoms with Crippen LogP contribution in [0.4, 0.5) is 0 Å². The SMILES string of the molecule is CC(C)(C)NC(=O)CNC(=O)c1csc(CN)n1.Cl. The van der Waals surface area contributed by atoms with Gasteiger partial charge in [0.25, 0.3) is 5.91 Å². The van der Waals surface area contributed by atoms with Crippen LogP contribution in [0.1, 0.15) is 36.3 Å². The van der Waals surface area contributed by atoms with Crippen LogP contribution in [0.5, 0.6) is 0 Å². The van der Waals surface area contributed by atoms with Crippen molar-refractivity contribution in [3.05, 3.63) is 16.1 Å². The molecule has 0 saturated carbocycles. The third-order valence-corrected chi connectivity index (χ3v) is 2.75. The van der Waals surface area contributed by atoms with Crippen molar-refractivity contribution < 1.29 is 9.59 Å². The van der Waals surface area contributed by atoms with Crippen molar-refractivity contribution in [1.29, 1.82) is 0 Å². The summed E-state index contributed by atoms with van der Waals surface area (Å²) in [5, 5.41) is 7.58. The second kappa shape index (κ2) is 7.42. The molecule has 0 unspecified atom stereocenters. The van der Waals surface area contributed by atoms with Crippen LogP contribution < -0.4 is 16.4 Å². The Hall–Kier alpha value is -1.18. The van der Waals surface area contributed by atoms with Gasteiger partial charge in [0.15, 0.2) is 0 Å². The Kier molecular flexibility index (Phi) is 6.96. The van der Waals surface area contributed by atoms with E-state index in [4.69, 9.17) is 5.73 Å². The van der Waals surface area contributed by atoms with Gasteiger partial charge in [-0.25, -0.2) is 4.98 Å². The molecule has 0 aliphatic heterocycles. The molecular formula is C11H19ClN4O2S. The van der Waals surface area contributed by atoms with E-state index < -0.39 is 0 Å². The summed E-state index contributed by atoms with van der Waals surface area (Å²) >= 11 is 1.32. The van der Waals surface area contributed by atoms with E-state index in [1.54, 1.807) is 5.38 Å². The number of aromatic nitrogens is 1. The molecule has 0 aliphatic rings. The van der Waals surface area contributed by atoms with Crippen LogP contribution in [-0.2, 0) is 11.3 Å². The molecule has 6 nitrogen and oxygen atoms in total. The highest BCUT2D eigenvalue weighted by atomic mass is 35.5. The van der Waals surface area contributed by atoms with E-state index in [2.05, 4.69) is 15.6 Å². The predicted octanol–water partition coefficient (Wildman–Crippen LogP) is 0.668. The second-order valence-electron chi connectivity index (χ2n) is 4.81. The van der Waals surface area contributed by atoms with Crippen LogP contribution in [0.25, 0.3) is 0 Å². The van der Waals surface area contributed by atoms with Crippen LogP contribution in [0, 0.1) is 0 Å². The summed E-state index contributed by atoms with van der Waals surface area (Å²) in [6, 6.07) is 0. The van der Waals surface area contributed by atoms with Crippen molar-refractivity contribution in [2.75, 3.05) is 6.54 Å². The number of carbonyl (C=O) groups excluding carboxylic acids is 2. The first-order valence-corrected chi connectivity index (χ1v) is 6.43. The fourth-order valence-electron chi connectivity index (χ4n) is 1.22. The number of nitrogens with two attached hydrogens (primary N) is 1. The number of halogens is 1. The maximum atomic E-state index is 11.7. The van der Waals surface area contributed by atoms with Crippen molar-refractivity contribution in [1.82, 2.24) is 15.6 Å².